The smallest absolute Gasteiger partial charge is 0.338 e. The number of ether oxygens (including phenoxy) is 1. The molecule has 32 heavy (non-hydrogen) atoms. The first-order valence-corrected chi connectivity index (χ1v) is 11.0. The molecule has 0 spiro atoms. The molecule has 1 aromatic carbocycles. The lowest BCUT2D eigenvalue weighted by Crippen LogP contribution is -2.52. The number of esters is 1. The lowest BCUT2D eigenvalue weighted by molar-refractivity contribution is -0.139. The summed E-state index contributed by atoms with van der Waals surface area (Å²) in [5, 5.41) is 6.33. The molecule has 0 bridgehead atoms. The van der Waals surface area contributed by atoms with E-state index in [9.17, 15) is 9.59 Å². The van der Waals surface area contributed by atoms with Gasteiger partial charge in [-0.2, -0.15) is 0 Å². The van der Waals surface area contributed by atoms with E-state index >= 15 is 0 Å². The number of aromatic nitrogens is 1. The number of halogens is 1. The Hall–Kier alpha value is -3.10. The summed E-state index contributed by atoms with van der Waals surface area (Å²) in [5.74, 6) is 0.465. The summed E-state index contributed by atoms with van der Waals surface area (Å²) in [6.45, 7) is 5.58. The molecule has 168 valence electrons. The molecule has 1 atom stereocenters. The van der Waals surface area contributed by atoms with Gasteiger partial charge in [-0.15, -0.1) is 0 Å². The van der Waals surface area contributed by atoms with Gasteiger partial charge in [-0.05, 0) is 24.6 Å². The quantitative estimate of drug-likeness (QED) is 0.651. The zero-order valence-electron chi connectivity index (χ0n) is 17.9. The number of hydrogen-bond donors (Lipinski definition) is 2. The number of benzene rings is 1. The van der Waals surface area contributed by atoms with E-state index in [1.54, 1.807) is 13.1 Å². The highest BCUT2D eigenvalue weighted by Crippen LogP contribution is 2.28. The molecule has 3 heterocycles. The predicted octanol–water partition coefficient (Wildman–Crippen LogP) is 2.73. The molecule has 2 amide bonds. The maximum absolute atomic E-state index is 12.9. The van der Waals surface area contributed by atoms with Crippen LogP contribution in [0.25, 0.3) is 0 Å². The number of amides is 2. The minimum Gasteiger partial charge on any atom is -0.463 e. The third kappa shape index (κ3) is 5.03. The normalized spacial score (nSPS) is 19.4. The molecule has 2 aliphatic heterocycles. The topological polar surface area (TPSA) is 86.8 Å². The van der Waals surface area contributed by atoms with Gasteiger partial charge >= 0.3 is 12.0 Å². The van der Waals surface area contributed by atoms with E-state index in [-0.39, 0.29) is 12.6 Å². The maximum Gasteiger partial charge on any atom is 0.338 e. The fourth-order valence-corrected chi connectivity index (χ4v) is 4.11. The van der Waals surface area contributed by atoms with E-state index < -0.39 is 12.0 Å². The van der Waals surface area contributed by atoms with Gasteiger partial charge in [0.2, 0.25) is 0 Å². The molecule has 1 saturated heterocycles. The van der Waals surface area contributed by atoms with Gasteiger partial charge in [0.15, 0.2) is 0 Å². The van der Waals surface area contributed by atoms with E-state index in [0.29, 0.717) is 22.8 Å². The fraction of sp³-hybridized carbons (Fsp3) is 0.348. The van der Waals surface area contributed by atoms with Crippen molar-refractivity contribution >= 4 is 29.4 Å². The van der Waals surface area contributed by atoms with Crippen molar-refractivity contribution in [2.75, 3.05) is 44.2 Å². The van der Waals surface area contributed by atoms with Crippen molar-refractivity contribution in [2.45, 2.75) is 13.0 Å². The Labute approximate surface area is 192 Å². The summed E-state index contributed by atoms with van der Waals surface area (Å²) in [6, 6.07) is 12.3. The second-order valence-electron chi connectivity index (χ2n) is 7.65. The zero-order valence-corrected chi connectivity index (χ0v) is 18.6. The van der Waals surface area contributed by atoms with Crippen LogP contribution >= 0.6 is 11.6 Å². The van der Waals surface area contributed by atoms with Gasteiger partial charge in [0.1, 0.15) is 5.82 Å². The molecule has 2 aromatic rings. The number of carbonyl (C=O) groups is 2. The number of nitrogens with one attached hydrogen (secondary N) is 2. The highest BCUT2D eigenvalue weighted by molar-refractivity contribution is 6.30. The molecule has 4 rings (SSSR count). The number of nitrogens with zero attached hydrogens (tertiary/aromatic N) is 3. The summed E-state index contributed by atoms with van der Waals surface area (Å²) >= 11 is 5.94. The SMILES string of the molecule is CCOC(=O)C1=C(CN2CCN(c3ccc(Cl)cn3)CC2)NC(=O)NC1c1ccccc1. The molecule has 0 saturated carbocycles. The lowest BCUT2D eigenvalue weighted by Gasteiger charge is -2.37. The molecule has 8 nitrogen and oxygen atoms in total. The zero-order chi connectivity index (χ0) is 22.5. The molecule has 2 N–H and O–H groups in total. The van der Waals surface area contributed by atoms with E-state index in [2.05, 4.69) is 25.4 Å². The summed E-state index contributed by atoms with van der Waals surface area (Å²) in [5.41, 5.74) is 1.86. The fourth-order valence-electron chi connectivity index (χ4n) is 4.00. The Bertz CT molecular complexity index is 988. The Morgan fingerprint density at radius 2 is 1.91 bits per heavy atom. The highest BCUT2D eigenvalue weighted by Gasteiger charge is 2.34. The second-order valence-corrected chi connectivity index (χ2v) is 8.09. The Kier molecular flexibility index (Phi) is 6.92. The number of anilines is 1. The number of hydrogen-bond acceptors (Lipinski definition) is 6. The summed E-state index contributed by atoms with van der Waals surface area (Å²) < 4.78 is 5.34. The summed E-state index contributed by atoms with van der Waals surface area (Å²) in [7, 11) is 0. The van der Waals surface area contributed by atoms with Crippen molar-refractivity contribution in [3.05, 3.63) is 70.5 Å². The monoisotopic (exact) mass is 455 g/mol. The van der Waals surface area contributed by atoms with Crippen molar-refractivity contribution in [1.82, 2.24) is 20.5 Å². The molecule has 1 fully saturated rings. The van der Waals surface area contributed by atoms with Crippen LogP contribution in [-0.2, 0) is 9.53 Å². The number of urea groups is 1. The van der Waals surface area contributed by atoms with Crippen LogP contribution in [0.15, 0.2) is 59.9 Å². The van der Waals surface area contributed by atoms with E-state index in [4.69, 9.17) is 16.3 Å². The number of rotatable bonds is 6. The van der Waals surface area contributed by atoms with Crippen LogP contribution in [0.4, 0.5) is 10.6 Å². The highest BCUT2D eigenvalue weighted by atomic mass is 35.5. The number of piperazine rings is 1. The third-order valence-electron chi connectivity index (χ3n) is 5.57. The minimum absolute atomic E-state index is 0.262. The van der Waals surface area contributed by atoms with Crippen LogP contribution < -0.4 is 15.5 Å². The average Bonchev–Trinajstić information content (AvgIpc) is 2.80. The van der Waals surface area contributed by atoms with E-state index in [1.807, 2.05) is 42.5 Å². The van der Waals surface area contributed by atoms with Gasteiger partial charge in [0.05, 0.1) is 23.2 Å². The van der Waals surface area contributed by atoms with E-state index in [1.165, 1.54) is 0 Å². The third-order valence-corrected chi connectivity index (χ3v) is 5.80. The summed E-state index contributed by atoms with van der Waals surface area (Å²) in [6.07, 6.45) is 1.65. The van der Waals surface area contributed by atoms with Crippen LogP contribution in [0.1, 0.15) is 18.5 Å². The standard InChI is InChI=1S/C23H26ClN5O3/c1-2-32-22(30)20-18(26-23(31)27-21(20)16-6-4-3-5-7-16)15-28-10-12-29(13-11-28)19-9-8-17(24)14-25-19/h3-9,14,21H,2,10-13,15H2,1H3,(H2,26,27,31). The maximum atomic E-state index is 12.9. The van der Waals surface area contributed by atoms with Gasteiger partial charge in [-0.3, -0.25) is 4.90 Å². The first-order chi connectivity index (χ1) is 15.5. The Morgan fingerprint density at radius 1 is 1.16 bits per heavy atom. The van der Waals surface area contributed by atoms with Crippen LogP contribution in [0.3, 0.4) is 0 Å². The van der Waals surface area contributed by atoms with Crippen LogP contribution in [-0.4, -0.2) is 61.2 Å². The first kappa shape index (κ1) is 22.1. The van der Waals surface area contributed by atoms with Gasteiger partial charge in [-0.25, -0.2) is 14.6 Å². The molecular weight excluding hydrogens is 430 g/mol. The van der Waals surface area contributed by atoms with Gasteiger partial charge in [0.25, 0.3) is 0 Å². The van der Waals surface area contributed by atoms with E-state index in [0.717, 1.165) is 37.6 Å². The van der Waals surface area contributed by atoms with Crippen molar-refractivity contribution < 1.29 is 14.3 Å². The number of pyridine rings is 1. The largest absolute Gasteiger partial charge is 0.463 e. The lowest BCUT2D eigenvalue weighted by atomic mass is 9.95. The Morgan fingerprint density at radius 3 is 2.56 bits per heavy atom. The molecule has 1 unspecified atom stereocenters. The second kappa shape index (κ2) is 10.0. The van der Waals surface area contributed by atoms with Crippen molar-refractivity contribution in [3.63, 3.8) is 0 Å². The first-order valence-electron chi connectivity index (χ1n) is 10.7. The van der Waals surface area contributed by atoms with Crippen LogP contribution in [0.2, 0.25) is 5.02 Å². The van der Waals surface area contributed by atoms with Crippen molar-refractivity contribution in [2.24, 2.45) is 0 Å². The predicted molar refractivity (Wildman–Crippen MR) is 122 cm³/mol. The molecule has 0 radical (unpaired) electrons. The minimum atomic E-state index is -0.557. The van der Waals surface area contributed by atoms with Crippen molar-refractivity contribution in [3.8, 4) is 0 Å². The molecule has 0 aliphatic carbocycles. The molecule has 9 heteroatoms. The summed E-state index contributed by atoms with van der Waals surface area (Å²) in [4.78, 5) is 34.1. The average molecular weight is 456 g/mol. The van der Waals surface area contributed by atoms with Gasteiger partial charge < -0.3 is 20.3 Å². The van der Waals surface area contributed by atoms with Gasteiger partial charge in [-0.1, -0.05) is 41.9 Å². The van der Waals surface area contributed by atoms with Crippen LogP contribution in [0, 0.1) is 0 Å². The molecular formula is C23H26ClN5O3. The molecule has 1 aromatic heterocycles. The Balaban J connectivity index is 1.53. The number of carbonyl (C=O) groups excluding carboxylic acids is 2. The van der Waals surface area contributed by atoms with Gasteiger partial charge in [0, 0.05) is 44.6 Å². The molecule has 2 aliphatic rings. The van der Waals surface area contributed by atoms with Crippen molar-refractivity contribution in [1.29, 1.82) is 0 Å². The van der Waals surface area contributed by atoms with Crippen LogP contribution in [0.5, 0.6) is 0 Å².